The third-order valence-electron chi connectivity index (χ3n) is 3.41. The highest BCUT2D eigenvalue weighted by Crippen LogP contribution is 2.16. The molecular formula is C14H24Cl3N3. The van der Waals surface area contributed by atoms with E-state index in [1.807, 2.05) is 18.2 Å². The van der Waals surface area contributed by atoms with Crippen molar-refractivity contribution in [2.24, 2.45) is 0 Å². The summed E-state index contributed by atoms with van der Waals surface area (Å²) in [6.45, 7) is 7.72. The van der Waals surface area contributed by atoms with Crippen molar-refractivity contribution in [2.45, 2.75) is 6.54 Å². The van der Waals surface area contributed by atoms with Gasteiger partial charge in [-0.15, -0.1) is 24.8 Å². The van der Waals surface area contributed by atoms with Crippen LogP contribution in [0.5, 0.6) is 0 Å². The Morgan fingerprint density at radius 1 is 1.20 bits per heavy atom. The Balaban J connectivity index is 0.00000180. The van der Waals surface area contributed by atoms with Crippen molar-refractivity contribution < 1.29 is 0 Å². The van der Waals surface area contributed by atoms with Crippen molar-refractivity contribution in [3.05, 3.63) is 34.9 Å². The van der Waals surface area contributed by atoms with E-state index in [0.29, 0.717) is 0 Å². The predicted octanol–water partition coefficient (Wildman–Crippen LogP) is 2.52. The molecule has 0 atom stereocenters. The minimum Gasteiger partial charge on any atom is -0.314 e. The van der Waals surface area contributed by atoms with Crippen molar-refractivity contribution in [3.8, 4) is 0 Å². The van der Waals surface area contributed by atoms with Crippen LogP contribution in [0.3, 0.4) is 0 Å². The van der Waals surface area contributed by atoms with E-state index in [0.717, 1.165) is 37.7 Å². The lowest BCUT2D eigenvalue weighted by Crippen LogP contribution is -2.45. The minimum absolute atomic E-state index is 0. The average Bonchev–Trinajstić information content (AvgIpc) is 2.40. The molecular weight excluding hydrogens is 317 g/mol. The molecule has 0 bridgehead atoms. The first kappa shape index (κ1) is 20.0. The number of hydrogen-bond acceptors (Lipinski definition) is 3. The van der Waals surface area contributed by atoms with Crippen molar-refractivity contribution in [2.75, 3.05) is 46.3 Å². The van der Waals surface area contributed by atoms with Gasteiger partial charge in [0.15, 0.2) is 0 Å². The molecule has 0 radical (unpaired) electrons. The lowest BCUT2D eigenvalue weighted by molar-refractivity contribution is 0.202. The van der Waals surface area contributed by atoms with Gasteiger partial charge in [0.05, 0.1) is 0 Å². The Bertz CT molecular complexity index is 370. The first-order valence-electron chi connectivity index (χ1n) is 6.61. The molecule has 1 aromatic carbocycles. The second-order valence-corrected chi connectivity index (χ2v) is 5.33. The normalized spacial score (nSPS) is 15.6. The maximum absolute atomic E-state index is 6.17. The monoisotopic (exact) mass is 339 g/mol. The zero-order valence-corrected chi connectivity index (χ0v) is 14.2. The molecule has 0 unspecified atom stereocenters. The summed E-state index contributed by atoms with van der Waals surface area (Å²) >= 11 is 6.17. The van der Waals surface area contributed by atoms with Crippen LogP contribution in [-0.2, 0) is 6.54 Å². The van der Waals surface area contributed by atoms with Gasteiger partial charge in [0, 0.05) is 50.8 Å². The summed E-state index contributed by atoms with van der Waals surface area (Å²) in [6, 6.07) is 8.09. The van der Waals surface area contributed by atoms with Gasteiger partial charge in [0.2, 0.25) is 0 Å². The Morgan fingerprint density at radius 3 is 2.50 bits per heavy atom. The molecule has 1 saturated heterocycles. The summed E-state index contributed by atoms with van der Waals surface area (Å²) in [4.78, 5) is 4.85. The molecule has 1 heterocycles. The van der Waals surface area contributed by atoms with Gasteiger partial charge in [0.25, 0.3) is 0 Å². The van der Waals surface area contributed by atoms with Gasteiger partial charge in [-0.2, -0.15) is 0 Å². The summed E-state index contributed by atoms with van der Waals surface area (Å²) in [7, 11) is 2.16. The summed E-state index contributed by atoms with van der Waals surface area (Å²) in [6.07, 6.45) is 0. The van der Waals surface area contributed by atoms with Crippen LogP contribution in [0.1, 0.15) is 5.56 Å². The lowest BCUT2D eigenvalue weighted by atomic mass is 10.2. The molecule has 0 aliphatic carbocycles. The van der Waals surface area contributed by atoms with E-state index in [1.165, 1.54) is 18.7 Å². The third kappa shape index (κ3) is 6.61. The zero-order valence-electron chi connectivity index (χ0n) is 11.8. The highest BCUT2D eigenvalue weighted by molar-refractivity contribution is 6.31. The Kier molecular flexibility index (Phi) is 10.6. The highest BCUT2D eigenvalue weighted by atomic mass is 35.5. The average molecular weight is 341 g/mol. The smallest absolute Gasteiger partial charge is 0.0451 e. The Morgan fingerprint density at radius 2 is 1.85 bits per heavy atom. The Hall–Kier alpha value is -0.0300. The number of nitrogens with zero attached hydrogens (tertiary/aromatic N) is 2. The molecule has 1 N–H and O–H groups in total. The number of piperazine rings is 1. The lowest BCUT2D eigenvalue weighted by Gasteiger charge is -2.29. The van der Waals surface area contributed by atoms with Crippen molar-refractivity contribution in [1.82, 2.24) is 15.1 Å². The van der Waals surface area contributed by atoms with Crippen LogP contribution in [-0.4, -0.2) is 56.1 Å². The van der Waals surface area contributed by atoms with Gasteiger partial charge in [-0.3, -0.25) is 4.90 Å². The SMILES string of the molecule is CN(CCN1CCNCC1)Cc1ccccc1Cl.Cl.Cl. The van der Waals surface area contributed by atoms with Gasteiger partial charge in [-0.1, -0.05) is 29.8 Å². The van der Waals surface area contributed by atoms with Crippen molar-refractivity contribution in [1.29, 1.82) is 0 Å². The molecule has 1 aromatic rings. The van der Waals surface area contributed by atoms with Gasteiger partial charge >= 0.3 is 0 Å². The zero-order chi connectivity index (χ0) is 12.8. The summed E-state index contributed by atoms with van der Waals surface area (Å²) in [5.41, 5.74) is 1.21. The summed E-state index contributed by atoms with van der Waals surface area (Å²) in [5, 5.41) is 4.24. The first-order chi connectivity index (χ1) is 8.75. The van der Waals surface area contributed by atoms with E-state index in [-0.39, 0.29) is 24.8 Å². The largest absolute Gasteiger partial charge is 0.314 e. The van der Waals surface area contributed by atoms with Gasteiger partial charge in [0.1, 0.15) is 0 Å². The number of benzene rings is 1. The number of likely N-dealkylation sites (N-methyl/N-ethyl adjacent to an activating group) is 1. The van der Waals surface area contributed by atoms with Gasteiger partial charge < -0.3 is 10.2 Å². The third-order valence-corrected chi connectivity index (χ3v) is 3.77. The summed E-state index contributed by atoms with van der Waals surface area (Å²) in [5.74, 6) is 0. The summed E-state index contributed by atoms with van der Waals surface area (Å²) < 4.78 is 0. The fourth-order valence-electron chi connectivity index (χ4n) is 2.24. The van der Waals surface area contributed by atoms with E-state index in [1.54, 1.807) is 0 Å². The second kappa shape index (κ2) is 10.7. The molecule has 3 nitrogen and oxygen atoms in total. The molecule has 116 valence electrons. The van der Waals surface area contributed by atoms with Crippen molar-refractivity contribution >= 4 is 36.4 Å². The molecule has 1 aliphatic rings. The molecule has 0 saturated carbocycles. The molecule has 0 aromatic heterocycles. The van der Waals surface area contributed by atoms with Crippen molar-refractivity contribution in [3.63, 3.8) is 0 Å². The van der Waals surface area contributed by atoms with Crippen LogP contribution >= 0.6 is 36.4 Å². The number of rotatable bonds is 5. The first-order valence-corrected chi connectivity index (χ1v) is 6.98. The van der Waals surface area contributed by atoms with Crippen LogP contribution in [0.4, 0.5) is 0 Å². The minimum atomic E-state index is 0. The molecule has 2 rings (SSSR count). The van der Waals surface area contributed by atoms with Crippen LogP contribution < -0.4 is 5.32 Å². The topological polar surface area (TPSA) is 18.5 Å². The maximum atomic E-state index is 6.17. The maximum Gasteiger partial charge on any atom is 0.0451 e. The molecule has 0 spiro atoms. The predicted molar refractivity (Wildman–Crippen MR) is 91.6 cm³/mol. The van der Waals surface area contributed by atoms with E-state index in [9.17, 15) is 0 Å². The quantitative estimate of drug-likeness (QED) is 0.888. The number of halogens is 3. The molecule has 6 heteroatoms. The van der Waals surface area contributed by atoms with Gasteiger partial charge in [-0.25, -0.2) is 0 Å². The fraction of sp³-hybridized carbons (Fsp3) is 0.571. The second-order valence-electron chi connectivity index (χ2n) is 4.92. The van der Waals surface area contributed by atoms with E-state index >= 15 is 0 Å². The van der Waals surface area contributed by atoms with Crippen LogP contribution in [0.25, 0.3) is 0 Å². The standard InChI is InChI=1S/C14H22ClN3.2ClH/c1-17(10-11-18-8-6-16-7-9-18)12-13-4-2-3-5-14(13)15;;/h2-5,16H,6-12H2,1H3;2*1H. The van der Waals surface area contributed by atoms with Crippen LogP contribution in [0.2, 0.25) is 5.02 Å². The van der Waals surface area contributed by atoms with Crippen LogP contribution in [0, 0.1) is 0 Å². The molecule has 1 aliphatic heterocycles. The van der Waals surface area contributed by atoms with E-state index < -0.39 is 0 Å². The molecule has 20 heavy (non-hydrogen) atoms. The molecule has 1 fully saturated rings. The molecule has 0 amide bonds. The number of nitrogens with one attached hydrogen (secondary N) is 1. The highest BCUT2D eigenvalue weighted by Gasteiger charge is 2.10. The number of hydrogen-bond donors (Lipinski definition) is 1. The Labute approximate surface area is 139 Å². The van der Waals surface area contributed by atoms with E-state index in [4.69, 9.17) is 11.6 Å². The fourth-order valence-corrected chi connectivity index (χ4v) is 2.44. The van der Waals surface area contributed by atoms with E-state index in [2.05, 4.69) is 28.2 Å². The van der Waals surface area contributed by atoms with Crippen LogP contribution in [0.15, 0.2) is 24.3 Å². The van der Waals surface area contributed by atoms with Gasteiger partial charge in [-0.05, 0) is 18.7 Å².